The lowest BCUT2D eigenvalue weighted by molar-refractivity contribution is -0.127. The Balaban J connectivity index is 1.83. The summed E-state index contributed by atoms with van der Waals surface area (Å²) in [7, 11) is 1.57. The summed E-state index contributed by atoms with van der Waals surface area (Å²) in [6, 6.07) is 2.11. The van der Waals surface area contributed by atoms with Gasteiger partial charge in [-0.1, -0.05) is 15.9 Å². The number of aryl methyl sites for hydroxylation is 1. The van der Waals surface area contributed by atoms with Crippen LogP contribution in [0.4, 0.5) is 10.5 Å². The Morgan fingerprint density at radius 3 is 2.56 bits per heavy atom. The maximum Gasteiger partial charge on any atom is 0.408 e. The summed E-state index contributed by atoms with van der Waals surface area (Å²) in [5.41, 5.74) is 1.92. The van der Waals surface area contributed by atoms with Gasteiger partial charge in [0.2, 0.25) is 17.7 Å². The Kier molecular flexibility index (Phi) is 7.90. The van der Waals surface area contributed by atoms with Gasteiger partial charge in [-0.05, 0) is 70.2 Å². The second kappa shape index (κ2) is 10.3. The van der Waals surface area contributed by atoms with Crippen LogP contribution in [-0.2, 0) is 32.0 Å². The molecule has 10 heteroatoms. The number of ether oxygens (including phenoxy) is 1. The van der Waals surface area contributed by atoms with E-state index >= 15 is 0 Å². The van der Waals surface area contributed by atoms with Crippen LogP contribution in [0.3, 0.4) is 0 Å². The molecule has 1 aromatic carbocycles. The first kappa shape index (κ1) is 26.0. The van der Waals surface area contributed by atoms with Crippen LogP contribution in [0.25, 0.3) is 0 Å². The second-order valence-electron chi connectivity index (χ2n) is 9.86. The summed E-state index contributed by atoms with van der Waals surface area (Å²) >= 11 is 3.54. The number of hydrogen-bond donors (Lipinski definition) is 3. The summed E-state index contributed by atoms with van der Waals surface area (Å²) in [6.07, 6.45) is 1.46. The minimum absolute atomic E-state index is 0.0948. The van der Waals surface area contributed by atoms with E-state index in [1.807, 2.05) is 19.1 Å². The highest BCUT2D eigenvalue weighted by Gasteiger charge is 2.44. The molecule has 0 saturated heterocycles. The van der Waals surface area contributed by atoms with Gasteiger partial charge in [-0.25, -0.2) is 4.79 Å². The van der Waals surface area contributed by atoms with Gasteiger partial charge in [-0.3, -0.25) is 19.3 Å². The number of nitrogens with zero attached hydrogens (tertiary/aromatic N) is 1. The highest BCUT2D eigenvalue weighted by molar-refractivity contribution is 9.10. The fraction of sp³-hybridized carbons (Fsp3) is 0.583. The molecule has 2 aliphatic rings. The normalized spacial score (nSPS) is 20.2. The van der Waals surface area contributed by atoms with Crippen molar-refractivity contribution in [2.24, 2.45) is 0 Å². The summed E-state index contributed by atoms with van der Waals surface area (Å²) in [5.74, 6) is -0.708. The third-order valence-corrected chi connectivity index (χ3v) is 6.36. The number of rotatable bonds is 6. The number of hydrogen-bond acceptors (Lipinski definition) is 5. The molecule has 0 fully saturated rings. The minimum Gasteiger partial charge on any atom is -0.444 e. The number of nitrogens with one attached hydrogen (secondary N) is 3. The molecule has 0 radical (unpaired) electrons. The fourth-order valence-electron chi connectivity index (χ4n) is 4.36. The van der Waals surface area contributed by atoms with Gasteiger partial charge in [0, 0.05) is 30.4 Å². The maximum atomic E-state index is 13.6. The number of benzene rings is 1. The number of halogens is 1. The van der Waals surface area contributed by atoms with E-state index in [4.69, 9.17) is 4.74 Å². The van der Waals surface area contributed by atoms with Crippen molar-refractivity contribution in [3.8, 4) is 0 Å². The van der Waals surface area contributed by atoms with Gasteiger partial charge in [0.15, 0.2) is 0 Å². The van der Waals surface area contributed by atoms with Gasteiger partial charge >= 0.3 is 6.09 Å². The molecular weight excluding hydrogens is 504 g/mol. The van der Waals surface area contributed by atoms with E-state index in [1.54, 1.807) is 27.8 Å². The van der Waals surface area contributed by atoms with Gasteiger partial charge in [-0.15, -0.1) is 0 Å². The van der Waals surface area contributed by atoms with E-state index in [0.717, 1.165) is 21.3 Å². The van der Waals surface area contributed by atoms with Crippen molar-refractivity contribution in [3.05, 3.63) is 27.7 Å². The van der Waals surface area contributed by atoms with E-state index in [0.29, 0.717) is 32.1 Å². The fourth-order valence-corrected chi connectivity index (χ4v) is 4.91. The Morgan fingerprint density at radius 2 is 1.91 bits per heavy atom. The molecule has 186 valence electrons. The van der Waals surface area contributed by atoms with Crippen molar-refractivity contribution in [1.82, 2.24) is 16.0 Å². The van der Waals surface area contributed by atoms with Crippen LogP contribution in [0.5, 0.6) is 0 Å². The Hall–Kier alpha value is -2.62. The maximum absolute atomic E-state index is 13.6. The molecule has 2 heterocycles. The molecule has 0 bridgehead atoms. The van der Waals surface area contributed by atoms with Crippen LogP contribution in [0.15, 0.2) is 16.6 Å². The number of carbonyl (C=O) groups excluding carboxylic acids is 4. The molecule has 2 aliphatic heterocycles. The first-order valence-corrected chi connectivity index (χ1v) is 12.3. The lowest BCUT2D eigenvalue weighted by Crippen LogP contribution is -2.55. The summed E-state index contributed by atoms with van der Waals surface area (Å²) in [4.78, 5) is 52.4. The van der Waals surface area contributed by atoms with Crippen LogP contribution in [0.2, 0.25) is 0 Å². The first-order valence-electron chi connectivity index (χ1n) is 11.5. The van der Waals surface area contributed by atoms with Crippen LogP contribution in [-0.4, -0.2) is 54.6 Å². The van der Waals surface area contributed by atoms with Crippen LogP contribution in [0, 0.1) is 0 Å². The predicted octanol–water partition coefficient (Wildman–Crippen LogP) is 2.58. The third kappa shape index (κ3) is 6.08. The molecule has 0 saturated carbocycles. The standard InChI is InChI=1S/C24H33BrN4O5/c1-13(6-9-19(30)26-5)27-21(31)18-12-15-11-16(25)10-14-7-8-17(22(32)29(18)20(14)15)28-23(33)34-24(2,3)4/h10-11,13,17-18H,6-9,12H2,1-5H3,(H,26,30)(H,27,31)(H,28,33)/t13?,17-,18-/m0/s1. The van der Waals surface area contributed by atoms with E-state index < -0.39 is 23.8 Å². The van der Waals surface area contributed by atoms with Crippen molar-refractivity contribution in [3.63, 3.8) is 0 Å². The summed E-state index contributed by atoms with van der Waals surface area (Å²) in [5, 5.41) is 8.22. The van der Waals surface area contributed by atoms with Gasteiger partial charge in [0.05, 0.1) is 5.69 Å². The Bertz CT molecular complexity index is 990. The molecule has 9 nitrogen and oxygen atoms in total. The Labute approximate surface area is 208 Å². The van der Waals surface area contributed by atoms with Gasteiger partial charge in [-0.2, -0.15) is 0 Å². The summed E-state index contributed by atoms with van der Waals surface area (Å²) < 4.78 is 6.23. The quantitative estimate of drug-likeness (QED) is 0.516. The van der Waals surface area contributed by atoms with Gasteiger partial charge in [0.25, 0.3) is 0 Å². The van der Waals surface area contributed by atoms with Crippen molar-refractivity contribution >= 4 is 45.4 Å². The minimum atomic E-state index is -0.812. The molecule has 4 amide bonds. The number of alkyl carbamates (subject to hydrolysis) is 1. The molecule has 0 aromatic heterocycles. The van der Waals surface area contributed by atoms with E-state index in [9.17, 15) is 19.2 Å². The SMILES string of the molecule is CNC(=O)CCC(C)NC(=O)[C@@H]1Cc2cc(Br)cc3c2N1C(=O)[C@@H](NC(=O)OC(C)(C)C)CC3. The Morgan fingerprint density at radius 1 is 1.24 bits per heavy atom. The van der Waals surface area contributed by atoms with Crippen LogP contribution < -0.4 is 20.9 Å². The second-order valence-corrected chi connectivity index (χ2v) is 10.8. The molecule has 3 rings (SSSR count). The van der Waals surface area contributed by atoms with Crippen molar-refractivity contribution in [1.29, 1.82) is 0 Å². The van der Waals surface area contributed by atoms with Crippen molar-refractivity contribution in [2.45, 2.75) is 83.5 Å². The number of anilines is 1. The van der Waals surface area contributed by atoms with Crippen LogP contribution >= 0.6 is 15.9 Å². The topological polar surface area (TPSA) is 117 Å². The number of amides is 4. The highest BCUT2D eigenvalue weighted by Crippen LogP contribution is 2.41. The lowest BCUT2D eigenvalue weighted by atomic mass is 10.0. The van der Waals surface area contributed by atoms with Gasteiger partial charge in [0.1, 0.15) is 17.7 Å². The lowest BCUT2D eigenvalue weighted by Gasteiger charge is -2.29. The molecule has 3 N–H and O–H groups in total. The largest absolute Gasteiger partial charge is 0.444 e. The molecule has 0 spiro atoms. The highest BCUT2D eigenvalue weighted by atomic mass is 79.9. The predicted molar refractivity (Wildman–Crippen MR) is 132 cm³/mol. The monoisotopic (exact) mass is 536 g/mol. The van der Waals surface area contributed by atoms with E-state index in [2.05, 4.69) is 31.9 Å². The van der Waals surface area contributed by atoms with E-state index in [1.165, 1.54) is 4.90 Å². The zero-order valence-corrected chi connectivity index (χ0v) is 21.9. The molecule has 34 heavy (non-hydrogen) atoms. The van der Waals surface area contributed by atoms with E-state index in [-0.39, 0.29) is 23.8 Å². The smallest absolute Gasteiger partial charge is 0.408 e. The average molecular weight is 537 g/mol. The molecule has 3 atom stereocenters. The molecule has 1 aromatic rings. The molecule has 1 unspecified atom stereocenters. The molecular formula is C24H33BrN4O5. The van der Waals surface area contributed by atoms with Crippen molar-refractivity contribution < 1.29 is 23.9 Å². The third-order valence-electron chi connectivity index (χ3n) is 5.90. The first-order chi connectivity index (χ1) is 15.9. The van der Waals surface area contributed by atoms with Crippen LogP contribution in [0.1, 0.15) is 58.1 Å². The van der Waals surface area contributed by atoms with Gasteiger partial charge < -0.3 is 20.7 Å². The van der Waals surface area contributed by atoms with Crippen molar-refractivity contribution in [2.75, 3.05) is 11.9 Å². The average Bonchev–Trinajstić information content (AvgIpc) is 3.06. The molecule has 0 aliphatic carbocycles. The number of carbonyl (C=O) groups is 4. The summed E-state index contributed by atoms with van der Waals surface area (Å²) in [6.45, 7) is 7.11. The zero-order valence-electron chi connectivity index (χ0n) is 20.3. The zero-order chi connectivity index (χ0) is 25.2.